The molecule has 1 atom stereocenters. The summed E-state index contributed by atoms with van der Waals surface area (Å²) in [6.45, 7) is 0. The predicted molar refractivity (Wildman–Crippen MR) is 81.9 cm³/mol. The van der Waals surface area contributed by atoms with Crippen LogP contribution >= 0.6 is 0 Å². The van der Waals surface area contributed by atoms with Gasteiger partial charge in [-0.15, -0.1) is 0 Å². The highest BCUT2D eigenvalue weighted by atomic mass is 19.1. The zero-order chi connectivity index (χ0) is 14.7. The lowest BCUT2D eigenvalue weighted by Crippen LogP contribution is -2.30. The van der Waals surface area contributed by atoms with Crippen molar-refractivity contribution in [1.82, 2.24) is 10.4 Å². The Morgan fingerprint density at radius 2 is 1.76 bits per heavy atom. The largest absolute Gasteiger partial charge is 0.271 e. The van der Waals surface area contributed by atoms with Crippen LogP contribution in [0.1, 0.15) is 17.3 Å². The van der Waals surface area contributed by atoms with E-state index in [1.165, 1.54) is 12.1 Å². The van der Waals surface area contributed by atoms with Crippen molar-refractivity contribution in [1.29, 1.82) is 0 Å². The molecular weight excluding hydrogens is 265 g/mol. The van der Waals surface area contributed by atoms with E-state index >= 15 is 0 Å². The molecule has 106 valence electrons. The summed E-state index contributed by atoms with van der Waals surface area (Å²) in [6, 6.07) is 18.3. The second kappa shape index (κ2) is 5.99. The number of hydrogen-bond acceptors (Lipinski definition) is 3. The Hall–Kier alpha value is -2.30. The first-order chi connectivity index (χ1) is 10.3. The second-order valence-electron chi connectivity index (χ2n) is 4.98. The summed E-state index contributed by atoms with van der Waals surface area (Å²) >= 11 is 0. The van der Waals surface area contributed by atoms with Crippen molar-refractivity contribution in [3.05, 3.63) is 77.7 Å². The average Bonchev–Trinajstić information content (AvgIpc) is 2.54. The Morgan fingerprint density at radius 3 is 2.52 bits per heavy atom. The Kier molecular flexibility index (Phi) is 3.90. The standard InChI is InChI=1S/C17H16FN3/c18-14-8-5-12(6-9-14)11-17(21-19)16-10-7-13-3-1-2-4-15(13)20-16/h1-10,17,21H,11,19H2. The van der Waals surface area contributed by atoms with Crippen molar-refractivity contribution in [3.8, 4) is 0 Å². The summed E-state index contributed by atoms with van der Waals surface area (Å²) in [4.78, 5) is 4.64. The van der Waals surface area contributed by atoms with Crippen molar-refractivity contribution >= 4 is 10.9 Å². The number of benzene rings is 2. The first kappa shape index (κ1) is 13.7. The van der Waals surface area contributed by atoms with E-state index in [1.54, 1.807) is 12.1 Å². The van der Waals surface area contributed by atoms with Gasteiger partial charge < -0.3 is 0 Å². The smallest absolute Gasteiger partial charge is 0.123 e. The van der Waals surface area contributed by atoms with E-state index in [9.17, 15) is 4.39 Å². The minimum Gasteiger partial charge on any atom is -0.271 e. The molecule has 3 aromatic rings. The van der Waals surface area contributed by atoms with Gasteiger partial charge >= 0.3 is 0 Å². The number of hydrogen-bond donors (Lipinski definition) is 2. The fourth-order valence-electron chi connectivity index (χ4n) is 2.38. The molecule has 3 N–H and O–H groups in total. The summed E-state index contributed by atoms with van der Waals surface area (Å²) in [5, 5.41) is 1.10. The van der Waals surface area contributed by atoms with Crippen LogP contribution in [0.25, 0.3) is 10.9 Å². The van der Waals surface area contributed by atoms with E-state index in [0.717, 1.165) is 22.2 Å². The van der Waals surface area contributed by atoms with Gasteiger partial charge in [-0.25, -0.2) is 4.39 Å². The van der Waals surface area contributed by atoms with Crippen LogP contribution < -0.4 is 11.3 Å². The maximum atomic E-state index is 13.0. The quantitative estimate of drug-likeness (QED) is 0.570. The SMILES string of the molecule is NNC(Cc1ccc(F)cc1)c1ccc2ccccc2n1. The molecule has 2 aromatic carbocycles. The molecule has 0 saturated carbocycles. The van der Waals surface area contributed by atoms with E-state index in [0.29, 0.717) is 6.42 Å². The van der Waals surface area contributed by atoms with E-state index in [1.807, 2.05) is 36.4 Å². The fraction of sp³-hybridized carbons (Fsp3) is 0.118. The molecule has 1 heterocycles. The van der Waals surface area contributed by atoms with Gasteiger partial charge in [0.1, 0.15) is 5.82 Å². The van der Waals surface area contributed by atoms with Gasteiger partial charge in [0, 0.05) is 5.39 Å². The predicted octanol–water partition coefficient (Wildman–Crippen LogP) is 3.12. The highest BCUT2D eigenvalue weighted by molar-refractivity contribution is 5.78. The van der Waals surface area contributed by atoms with Crippen molar-refractivity contribution in [3.63, 3.8) is 0 Å². The molecule has 0 aliphatic heterocycles. The van der Waals surface area contributed by atoms with Crippen LogP contribution in [-0.4, -0.2) is 4.98 Å². The van der Waals surface area contributed by atoms with Crippen LogP contribution in [-0.2, 0) is 6.42 Å². The minimum atomic E-state index is -0.236. The Labute approximate surface area is 122 Å². The highest BCUT2D eigenvalue weighted by Crippen LogP contribution is 2.19. The van der Waals surface area contributed by atoms with Crippen LogP contribution in [0, 0.1) is 5.82 Å². The lowest BCUT2D eigenvalue weighted by molar-refractivity contribution is 0.539. The minimum absolute atomic E-state index is 0.111. The molecule has 0 aliphatic carbocycles. The number of halogens is 1. The van der Waals surface area contributed by atoms with Gasteiger partial charge in [-0.3, -0.25) is 16.3 Å². The molecule has 0 saturated heterocycles. The van der Waals surface area contributed by atoms with Crippen LogP contribution in [0.3, 0.4) is 0 Å². The Morgan fingerprint density at radius 1 is 1.00 bits per heavy atom. The number of fused-ring (bicyclic) bond motifs is 1. The topological polar surface area (TPSA) is 50.9 Å². The lowest BCUT2D eigenvalue weighted by atomic mass is 10.0. The summed E-state index contributed by atoms with van der Waals surface area (Å²) < 4.78 is 13.0. The maximum absolute atomic E-state index is 13.0. The summed E-state index contributed by atoms with van der Waals surface area (Å²) in [7, 11) is 0. The summed E-state index contributed by atoms with van der Waals surface area (Å²) in [5.74, 6) is 5.43. The molecule has 3 rings (SSSR count). The molecule has 1 unspecified atom stereocenters. The van der Waals surface area contributed by atoms with Crippen LogP contribution in [0.15, 0.2) is 60.7 Å². The Bertz CT molecular complexity index is 740. The zero-order valence-electron chi connectivity index (χ0n) is 11.5. The van der Waals surface area contributed by atoms with Crippen molar-refractivity contribution < 1.29 is 4.39 Å². The number of nitrogens with two attached hydrogens (primary N) is 1. The third kappa shape index (κ3) is 3.07. The molecule has 0 fully saturated rings. The molecule has 0 amide bonds. The maximum Gasteiger partial charge on any atom is 0.123 e. The van der Waals surface area contributed by atoms with E-state index < -0.39 is 0 Å². The zero-order valence-corrected chi connectivity index (χ0v) is 11.5. The molecule has 0 radical (unpaired) electrons. The van der Waals surface area contributed by atoms with Gasteiger partial charge in [0.25, 0.3) is 0 Å². The van der Waals surface area contributed by atoms with Gasteiger partial charge in [0.15, 0.2) is 0 Å². The van der Waals surface area contributed by atoms with Gasteiger partial charge in [-0.05, 0) is 36.2 Å². The van der Waals surface area contributed by atoms with Crippen LogP contribution in [0.5, 0.6) is 0 Å². The van der Waals surface area contributed by atoms with E-state index in [4.69, 9.17) is 5.84 Å². The van der Waals surface area contributed by atoms with E-state index in [-0.39, 0.29) is 11.9 Å². The molecule has 1 aromatic heterocycles. The normalized spacial score (nSPS) is 12.5. The van der Waals surface area contributed by atoms with Crippen molar-refractivity contribution in [2.75, 3.05) is 0 Å². The first-order valence-electron chi connectivity index (χ1n) is 6.82. The van der Waals surface area contributed by atoms with Crippen molar-refractivity contribution in [2.45, 2.75) is 12.5 Å². The number of hydrazine groups is 1. The van der Waals surface area contributed by atoms with Gasteiger partial charge in [0.05, 0.1) is 17.3 Å². The van der Waals surface area contributed by atoms with Gasteiger partial charge in [-0.2, -0.15) is 0 Å². The Balaban J connectivity index is 1.88. The van der Waals surface area contributed by atoms with Crippen molar-refractivity contribution in [2.24, 2.45) is 5.84 Å². The number of nitrogens with one attached hydrogen (secondary N) is 1. The first-order valence-corrected chi connectivity index (χ1v) is 6.82. The number of para-hydroxylation sites is 1. The molecule has 0 bridgehead atoms. The number of nitrogens with zero attached hydrogens (tertiary/aromatic N) is 1. The molecule has 4 heteroatoms. The molecule has 0 aliphatic rings. The monoisotopic (exact) mass is 281 g/mol. The third-order valence-electron chi connectivity index (χ3n) is 3.53. The lowest BCUT2D eigenvalue weighted by Gasteiger charge is -2.16. The molecule has 3 nitrogen and oxygen atoms in total. The molecular formula is C17H16FN3. The average molecular weight is 281 g/mol. The fourth-order valence-corrected chi connectivity index (χ4v) is 2.38. The number of pyridine rings is 1. The van der Waals surface area contributed by atoms with Gasteiger partial charge in [-0.1, -0.05) is 36.4 Å². The van der Waals surface area contributed by atoms with Gasteiger partial charge in [0.2, 0.25) is 0 Å². The summed E-state index contributed by atoms with van der Waals surface area (Å²) in [6.07, 6.45) is 0.655. The molecule has 21 heavy (non-hydrogen) atoms. The van der Waals surface area contributed by atoms with Crippen LogP contribution in [0.4, 0.5) is 4.39 Å². The number of rotatable bonds is 4. The molecule has 0 spiro atoms. The van der Waals surface area contributed by atoms with E-state index in [2.05, 4.69) is 10.4 Å². The third-order valence-corrected chi connectivity index (χ3v) is 3.53. The number of aromatic nitrogens is 1. The van der Waals surface area contributed by atoms with Crippen LogP contribution in [0.2, 0.25) is 0 Å². The summed E-state index contributed by atoms with van der Waals surface area (Å²) in [5.41, 5.74) is 5.61. The highest BCUT2D eigenvalue weighted by Gasteiger charge is 2.12. The second-order valence-corrected chi connectivity index (χ2v) is 4.98.